The van der Waals surface area contributed by atoms with Crippen molar-refractivity contribution < 1.29 is 18.4 Å². The van der Waals surface area contributed by atoms with E-state index in [2.05, 4.69) is 15.7 Å². The predicted molar refractivity (Wildman–Crippen MR) is 120 cm³/mol. The number of aromatic nitrogens is 2. The van der Waals surface area contributed by atoms with Crippen molar-refractivity contribution in [3.05, 3.63) is 70.8 Å². The molecule has 0 aliphatic carbocycles. The topological polar surface area (TPSA) is 128 Å². The van der Waals surface area contributed by atoms with Gasteiger partial charge in [-0.25, -0.2) is 4.68 Å². The Balaban J connectivity index is 1.54. The Labute approximate surface area is 189 Å². The fourth-order valence-electron chi connectivity index (χ4n) is 3.94. The minimum Gasteiger partial charge on any atom is -0.383 e. The van der Waals surface area contributed by atoms with Gasteiger partial charge in [-0.3, -0.25) is 14.9 Å². The average molecular weight is 454 g/mol. The summed E-state index contributed by atoms with van der Waals surface area (Å²) < 4.78 is 28.4. The monoisotopic (exact) mass is 454 g/mol. The summed E-state index contributed by atoms with van der Waals surface area (Å²) >= 11 is 0. The van der Waals surface area contributed by atoms with Crippen molar-refractivity contribution in [3.63, 3.8) is 0 Å². The molecule has 0 bridgehead atoms. The quantitative estimate of drug-likeness (QED) is 0.426. The number of hydrogen-bond donors (Lipinski definition) is 4. The SMILES string of the molecule is Cc1ccccc1C(=O)NCc1ccc(-c2nn(C3CNC(F)(F)C3)c(N)c2C(N)=O)cc1. The van der Waals surface area contributed by atoms with Crippen LogP contribution in [-0.2, 0) is 6.54 Å². The van der Waals surface area contributed by atoms with Crippen LogP contribution in [0, 0.1) is 6.92 Å². The Hall–Kier alpha value is -3.79. The zero-order chi connectivity index (χ0) is 23.8. The number of nitrogens with one attached hydrogen (secondary N) is 2. The molecule has 1 fully saturated rings. The fraction of sp³-hybridized carbons (Fsp3) is 0.261. The summed E-state index contributed by atoms with van der Waals surface area (Å²) in [4.78, 5) is 24.5. The molecule has 1 saturated heterocycles. The first-order valence-corrected chi connectivity index (χ1v) is 10.4. The molecule has 1 aromatic heterocycles. The number of nitrogens with two attached hydrogens (primary N) is 2. The first-order valence-electron chi connectivity index (χ1n) is 10.4. The lowest BCUT2D eigenvalue weighted by atomic mass is 10.0. The number of amides is 2. The van der Waals surface area contributed by atoms with E-state index in [-0.39, 0.29) is 29.5 Å². The van der Waals surface area contributed by atoms with Crippen molar-refractivity contribution in [2.45, 2.75) is 32.0 Å². The average Bonchev–Trinajstić information content (AvgIpc) is 3.31. The van der Waals surface area contributed by atoms with E-state index in [1.807, 2.05) is 19.1 Å². The number of halogens is 2. The van der Waals surface area contributed by atoms with Gasteiger partial charge in [0.25, 0.3) is 11.8 Å². The lowest BCUT2D eigenvalue weighted by Crippen LogP contribution is -2.28. The van der Waals surface area contributed by atoms with Crippen molar-refractivity contribution >= 4 is 17.6 Å². The van der Waals surface area contributed by atoms with E-state index in [0.717, 1.165) is 11.1 Å². The van der Waals surface area contributed by atoms with Gasteiger partial charge in [0.05, 0.1) is 6.04 Å². The molecule has 1 unspecified atom stereocenters. The molecule has 10 heteroatoms. The summed E-state index contributed by atoms with van der Waals surface area (Å²) in [5.74, 6) is -1.01. The molecule has 6 N–H and O–H groups in total. The largest absolute Gasteiger partial charge is 0.383 e. The highest BCUT2D eigenvalue weighted by molar-refractivity contribution is 6.03. The Morgan fingerprint density at radius 3 is 2.52 bits per heavy atom. The number of nitrogen functional groups attached to an aromatic ring is 1. The van der Waals surface area contributed by atoms with Gasteiger partial charge >= 0.3 is 6.05 Å². The van der Waals surface area contributed by atoms with E-state index in [4.69, 9.17) is 11.5 Å². The number of alkyl halides is 2. The van der Waals surface area contributed by atoms with Gasteiger partial charge in [-0.2, -0.15) is 13.9 Å². The molecule has 3 aromatic rings. The molecule has 0 spiro atoms. The van der Waals surface area contributed by atoms with Crippen LogP contribution in [0.4, 0.5) is 14.6 Å². The lowest BCUT2D eigenvalue weighted by molar-refractivity contribution is -0.0176. The molecule has 172 valence electrons. The van der Waals surface area contributed by atoms with E-state index < -0.39 is 24.4 Å². The molecule has 2 amide bonds. The zero-order valence-corrected chi connectivity index (χ0v) is 17.9. The number of carbonyl (C=O) groups excluding carboxylic acids is 2. The normalized spacial score (nSPS) is 17.1. The van der Waals surface area contributed by atoms with Crippen molar-refractivity contribution in [2.24, 2.45) is 5.73 Å². The number of carbonyl (C=O) groups is 2. The summed E-state index contributed by atoms with van der Waals surface area (Å²) in [5.41, 5.74) is 14.7. The number of hydrogen-bond acceptors (Lipinski definition) is 5. The fourth-order valence-corrected chi connectivity index (χ4v) is 3.94. The van der Waals surface area contributed by atoms with Crippen molar-refractivity contribution in [1.29, 1.82) is 0 Å². The van der Waals surface area contributed by atoms with Gasteiger partial charge in [0.2, 0.25) is 0 Å². The van der Waals surface area contributed by atoms with E-state index in [0.29, 0.717) is 17.7 Å². The highest BCUT2D eigenvalue weighted by atomic mass is 19.3. The predicted octanol–water partition coefficient (Wildman–Crippen LogP) is 2.60. The Kier molecular flexibility index (Phi) is 5.86. The first-order chi connectivity index (χ1) is 15.7. The van der Waals surface area contributed by atoms with E-state index in [1.165, 1.54) is 4.68 Å². The molecular weight excluding hydrogens is 430 g/mol. The van der Waals surface area contributed by atoms with Gasteiger partial charge in [-0.15, -0.1) is 0 Å². The van der Waals surface area contributed by atoms with Crippen LogP contribution in [0.2, 0.25) is 0 Å². The van der Waals surface area contributed by atoms with Crippen LogP contribution in [0.15, 0.2) is 48.5 Å². The maximum absolute atomic E-state index is 13.6. The Morgan fingerprint density at radius 2 is 1.91 bits per heavy atom. The third-order valence-electron chi connectivity index (χ3n) is 5.70. The highest BCUT2D eigenvalue weighted by Gasteiger charge is 2.41. The molecule has 2 aromatic carbocycles. The molecule has 0 radical (unpaired) electrons. The second kappa shape index (κ2) is 8.62. The van der Waals surface area contributed by atoms with Crippen LogP contribution in [0.1, 0.15) is 44.3 Å². The van der Waals surface area contributed by atoms with Crippen LogP contribution in [-0.4, -0.2) is 34.2 Å². The standard InChI is InChI=1S/C23H24F2N6O2/c1-13-4-2-3-5-17(13)22(33)28-11-14-6-8-15(9-7-14)19-18(21(27)32)20(26)31(30-19)16-10-23(24,25)29-12-16/h2-9,16,29H,10-12,26H2,1H3,(H2,27,32)(H,28,33). The molecule has 4 rings (SSSR count). The van der Waals surface area contributed by atoms with Crippen molar-refractivity contribution in [2.75, 3.05) is 12.3 Å². The van der Waals surface area contributed by atoms with Gasteiger partial charge in [0, 0.05) is 30.6 Å². The van der Waals surface area contributed by atoms with Crippen LogP contribution in [0.5, 0.6) is 0 Å². The number of nitrogens with zero attached hydrogens (tertiary/aromatic N) is 2. The van der Waals surface area contributed by atoms with Crippen molar-refractivity contribution in [3.8, 4) is 11.3 Å². The van der Waals surface area contributed by atoms with Crippen molar-refractivity contribution in [1.82, 2.24) is 20.4 Å². The highest BCUT2D eigenvalue weighted by Crippen LogP contribution is 2.35. The second-order valence-electron chi connectivity index (χ2n) is 8.06. The molecule has 33 heavy (non-hydrogen) atoms. The molecule has 1 aliphatic heterocycles. The maximum atomic E-state index is 13.6. The summed E-state index contributed by atoms with van der Waals surface area (Å²) in [5, 5.41) is 9.34. The molecular formula is C23H24F2N6O2. The lowest BCUT2D eigenvalue weighted by Gasteiger charge is -2.11. The van der Waals surface area contributed by atoms with Gasteiger partial charge in [-0.1, -0.05) is 42.5 Å². The van der Waals surface area contributed by atoms with Gasteiger partial charge in [0.15, 0.2) is 0 Å². The first kappa shape index (κ1) is 22.4. The second-order valence-corrected chi connectivity index (χ2v) is 8.06. The van der Waals surface area contributed by atoms with Gasteiger partial charge < -0.3 is 16.8 Å². The van der Waals surface area contributed by atoms with E-state index in [1.54, 1.807) is 36.4 Å². The number of primary amides is 1. The summed E-state index contributed by atoms with van der Waals surface area (Å²) in [7, 11) is 0. The molecule has 8 nitrogen and oxygen atoms in total. The third kappa shape index (κ3) is 4.56. The van der Waals surface area contributed by atoms with E-state index >= 15 is 0 Å². The van der Waals surface area contributed by atoms with E-state index in [9.17, 15) is 18.4 Å². The Bertz CT molecular complexity index is 1210. The number of anilines is 1. The molecule has 1 atom stereocenters. The van der Waals surface area contributed by atoms with Crippen LogP contribution in [0.3, 0.4) is 0 Å². The van der Waals surface area contributed by atoms with Crippen LogP contribution < -0.4 is 22.1 Å². The van der Waals surface area contributed by atoms with Crippen LogP contribution >= 0.6 is 0 Å². The summed E-state index contributed by atoms with van der Waals surface area (Å²) in [6.45, 7) is 2.14. The minimum atomic E-state index is -3.03. The number of benzene rings is 2. The summed E-state index contributed by atoms with van der Waals surface area (Å²) in [6.07, 6.45) is -0.490. The van der Waals surface area contributed by atoms with Gasteiger partial charge in [-0.05, 0) is 24.1 Å². The zero-order valence-electron chi connectivity index (χ0n) is 17.9. The van der Waals surface area contributed by atoms with Gasteiger partial charge in [0.1, 0.15) is 17.1 Å². The summed E-state index contributed by atoms with van der Waals surface area (Å²) in [6, 6.07) is 10.6. The van der Waals surface area contributed by atoms with Crippen LogP contribution in [0.25, 0.3) is 11.3 Å². The molecule has 0 saturated carbocycles. The molecule has 1 aliphatic rings. The Morgan fingerprint density at radius 1 is 1.21 bits per heavy atom. The third-order valence-corrected chi connectivity index (χ3v) is 5.70. The number of aryl methyl sites for hydroxylation is 1. The number of rotatable bonds is 6. The minimum absolute atomic E-state index is 0.00850. The smallest absolute Gasteiger partial charge is 0.304 e. The molecule has 2 heterocycles. The maximum Gasteiger partial charge on any atom is 0.304 e.